The summed E-state index contributed by atoms with van der Waals surface area (Å²) >= 11 is 0. The van der Waals surface area contributed by atoms with Crippen LogP contribution >= 0.6 is 0 Å². The molecule has 4 rings (SSSR count). The summed E-state index contributed by atoms with van der Waals surface area (Å²) in [5, 5.41) is 5.74. The number of imide groups is 1. The Kier molecular flexibility index (Phi) is 3.86. The first-order valence-corrected chi connectivity index (χ1v) is 8.27. The van der Waals surface area contributed by atoms with E-state index in [-0.39, 0.29) is 18.2 Å². The number of piperazine rings is 1. The van der Waals surface area contributed by atoms with Crippen LogP contribution in [0.2, 0.25) is 0 Å². The van der Waals surface area contributed by atoms with Crippen molar-refractivity contribution in [1.82, 2.24) is 10.6 Å². The first-order chi connectivity index (χ1) is 11.7. The number of amides is 2. The molecule has 7 heteroatoms. The molecule has 0 radical (unpaired) electrons. The van der Waals surface area contributed by atoms with E-state index >= 15 is 0 Å². The van der Waals surface area contributed by atoms with Gasteiger partial charge in [0.2, 0.25) is 5.91 Å². The summed E-state index contributed by atoms with van der Waals surface area (Å²) in [7, 11) is 0. The van der Waals surface area contributed by atoms with Crippen molar-refractivity contribution >= 4 is 23.2 Å². The van der Waals surface area contributed by atoms with E-state index in [2.05, 4.69) is 21.6 Å². The lowest BCUT2D eigenvalue weighted by molar-refractivity contribution is -0.128. The molecule has 24 heavy (non-hydrogen) atoms. The van der Waals surface area contributed by atoms with E-state index < -0.39 is 0 Å². The number of fused-ring (bicyclic) bond motifs is 1. The second-order valence-electron chi connectivity index (χ2n) is 6.03. The van der Waals surface area contributed by atoms with Gasteiger partial charge in [-0.05, 0) is 18.2 Å². The monoisotopic (exact) mass is 328 g/mol. The zero-order valence-corrected chi connectivity index (χ0v) is 13.4. The highest BCUT2D eigenvalue weighted by Crippen LogP contribution is 2.42. The Morgan fingerprint density at radius 3 is 2.62 bits per heavy atom. The number of carbonyl (C=O) groups excluding carboxylic acids is 2. The lowest BCUT2D eigenvalue weighted by atomic mass is 10.1. The highest BCUT2D eigenvalue weighted by atomic mass is 16.5. The average molecular weight is 328 g/mol. The minimum Gasteiger partial charge on any atom is -0.487 e. The van der Waals surface area contributed by atoms with Crippen LogP contribution in [0.25, 0.3) is 0 Å². The first-order valence-electron chi connectivity index (χ1n) is 8.27. The van der Waals surface area contributed by atoms with E-state index in [0.717, 1.165) is 43.3 Å². The quantitative estimate of drug-likeness (QED) is 0.757. The normalized spacial score (nSPS) is 20.9. The predicted octanol–water partition coefficient (Wildman–Crippen LogP) is 0.225. The van der Waals surface area contributed by atoms with Crippen molar-refractivity contribution in [3.05, 3.63) is 30.0 Å². The molecule has 0 atom stereocenters. The lowest BCUT2D eigenvalue weighted by Crippen LogP contribution is -2.45. The standard InChI is InChI=1S/C17H20N4O3/c22-15-5-4-14(17(23)19-15)21-10-11-24-16-12(2-1-3-13(16)21)20-8-6-18-7-9-20/h1-4,18H,5-11H2,(H,19,22,23). The Hall–Kier alpha value is -2.54. The van der Waals surface area contributed by atoms with Crippen molar-refractivity contribution in [2.45, 2.75) is 6.42 Å². The molecule has 2 amide bonds. The molecule has 0 aliphatic carbocycles. The van der Waals surface area contributed by atoms with Gasteiger partial charge in [-0.15, -0.1) is 0 Å². The van der Waals surface area contributed by atoms with Crippen LogP contribution in [0.5, 0.6) is 5.75 Å². The van der Waals surface area contributed by atoms with Crippen LogP contribution in [0.3, 0.4) is 0 Å². The first kappa shape index (κ1) is 15.0. The van der Waals surface area contributed by atoms with E-state index in [4.69, 9.17) is 4.74 Å². The molecule has 3 aliphatic rings. The number of hydrogen-bond donors (Lipinski definition) is 2. The molecule has 2 N–H and O–H groups in total. The molecule has 7 nitrogen and oxygen atoms in total. The summed E-state index contributed by atoms with van der Waals surface area (Å²) < 4.78 is 5.96. The number of hydrogen-bond acceptors (Lipinski definition) is 6. The molecule has 0 saturated carbocycles. The van der Waals surface area contributed by atoms with E-state index in [1.807, 2.05) is 17.0 Å². The number of nitrogens with zero attached hydrogens (tertiary/aromatic N) is 2. The minimum absolute atomic E-state index is 0.227. The van der Waals surface area contributed by atoms with Gasteiger partial charge in [0.1, 0.15) is 12.3 Å². The van der Waals surface area contributed by atoms with Crippen molar-refractivity contribution in [1.29, 1.82) is 0 Å². The van der Waals surface area contributed by atoms with Crippen LogP contribution < -0.4 is 25.2 Å². The Balaban J connectivity index is 1.70. The van der Waals surface area contributed by atoms with Gasteiger partial charge in [-0.1, -0.05) is 6.07 Å². The van der Waals surface area contributed by atoms with Crippen LogP contribution in [0.4, 0.5) is 11.4 Å². The Morgan fingerprint density at radius 1 is 1.04 bits per heavy atom. The third-order valence-electron chi connectivity index (χ3n) is 4.54. The second-order valence-corrected chi connectivity index (χ2v) is 6.03. The molecule has 0 bridgehead atoms. The Bertz CT molecular complexity index is 710. The lowest BCUT2D eigenvalue weighted by Gasteiger charge is -2.37. The summed E-state index contributed by atoms with van der Waals surface area (Å²) in [6, 6.07) is 6.02. The highest BCUT2D eigenvalue weighted by molar-refractivity contribution is 6.09. The number of anilines is 2. The number of benzene rings is 1. The third-order valence-corrected chi connectivity index (χ3v) is 4.54. The third kappa shape index (κ3) is 2.60. The van der Waals surface area contributed by atoms with Crippen LogP contribution in [-0.4, -0.2) is 51.1 Å². The van der Waals surface area contributed by atoms with Gasteiger partial charge in [-0.2, -0.15) is 0 Å². The number of ether oxygens (including phenoxy) is 1. The van der Waals surface area contributed by atoms with Crippen LogP contribution in [-0.2, 0) is 9.59 Å². The summed E-state index contributed by atoms with van der Waals surface area (Å²) in [4.78, 5) is 27.8. The van der Waals surface area contributed by atoms with E-state index in [1.165, 1.54) is 0 Å². The molecule has 0 aromatic heterocycles. The van der Waals surface area contributed by atoms with Crippen molar-refractivity contribution in [2.24, 2.45) is 0 Å². The van der Waals surface area contributed by atoms with E-state index in [1.54, 1.807) is 6.08 Å². The fourth-order valence-electron chi connectivity index (χ4n) is 3.39. The Labute approximate surface area is 140 Å². The largest absolute Gasteiger partial charge is 0.487 e. The molecule has 3 heterocycles. The molecular formula is C17H20N4O3. The number of rotatable bonds is 2. The number of carbonyl (C=O) groups is 2. The van der Waals surface area contributed by atoms with Crippen molar-refractivity contribution in [3.63, 3.8) is 0 Å². The van der Waals surface area contributed by atoms with Gasteiger partial charge in [-0.25, -0.2) is 0 Å². The average Bonchev–Trinajstić information content (AvgIpc) is 2.62. The molecule has 1 fully saturated rings. The van der Waals surface area contributed by atoms with Gasteiger partial charge in [0.05, 0.1) is 17.9 Å². The zero-order valence-electron chi connectivity index (χ0n) is 13.4. The van der Waals surface area contributed by atoms with Crippen LogP contribution in [0, 0.1) is 0 Å². The summed E-state index contributed by atoms with van der Waals surface area (Å²) in [6.45, 7) is 4.85. The topological polar surface area (TPSA) is 73.9 Å². The van der Waals surface area contributed by atoms with Gasteiger partial charge in [0.15, 0.2) is 5.75 Å². The van der Waals surface area contributed by atoms with Gasteiger partial charge in [-0.3, -0.25) is 14.9 Å². The van der Waals surface area contributed by atoms with E-state index in [9.17, 15) is 9.59 Å². The molecular weight excluding hydrogens is 308 g/mol. The molecule has 126 valence electrons. The fraction of sp³-hybridized carbons (Fsp3) is 0.412. The maximum Gasteiger partial charge on any atom is 0.274 e. The van der Waals surface area contributed by atoms with Crippen LogP contribution in [0.15, 0.2) is 30.0 Å². The minimum atomic E-state index is -0.341. The number of para-hydroxylation sites is 1. The molecule has 1 aromatic rings. The zero-order chi connectivity index (χ0) is 16.5. The van der Waals surface area contributed by atoms with E-state index in [0.29, 0.717) is 18.8 Å². The van der Waals surface area contributed by atoms with Crippen LogP contribution in [0.1, 0.15) is 6.42 Å². The summed E-state index contributed by atoms with van der Waals surface area (Å²) in [5.41, 5.74) is 2.47. The molecule has 0 unspecified atom stereocenters. The molecule has 0 spiro atoms. The number of nitrogens with one attached hydrogen (secondary N) is 2. The summed E-state index contributed by atoms with van der Waals surface area (Å²) in [5.74, 6) is 0.217. The van der Waals surface area contributed by atoms with Gasteiger partial charge in [0, 0.05) is 32.6 Å². The van der Waals surface area contributed by atoms with Crippen molar-refractivity contribution in [2.75, 3.05) is 49.1 Å². The highest BCUT2D eigenvalue weighted by Gasteiger charge is 2.30. The summed E-state index contributed by atoms with van der Waals surface area (Å²) in [6.07, 6.45) is 1.93. The molecule has 1 aromatic carbocycles. The second kappa shape index (κ2) is 6.16. The molecule has 1 saturated heterocycles. The van der Waals surface area contributed by atoms with Crippen molar-refractivity contribution in [3.8, 4) is 5.75 Å². The fourth-order valence-corrected chi connectivity index (χ4v) is 3.39. The predicted molar refractivity (Wildman–Crippen MR) is 90.2 cm³/mol. The van der Waals surface area contributed by atoms with Crippen molar-refractivity contribution < 1.29 is 14.3 Å². The van der Waals surface area contributed by atoms with Gasteiger partial charge < -0.3 is 19.9 Å². The SMILES string of the molecule is O=C1CC=C(N2CCOc3c(N4CCNCC4)cccc32)C(=O)N1. The molecule has 3 aliphatic heterocycles. The van der Waals surface area contributed by atoms with Gasteiger partial charge in [0.25, 0.3) is 5.91 Å². The van der Waals surface area contributed by atoms with Gasteiger partial charge >= 0.3 is 0 Å². The maximum atomic E-state index is 12.2. The smallest absolute Gasteiger partial charge is 0.274 e. The Morgan fingerprint density at radius 2 is 1.83 bits per heavy atom. The maximum absolute atomic E-state index is 12.2.